The van der Waals surface area contributed by atoms with Gasteiger partial charge in [-0.3, -0.25) is 4.90 Å². The van der Waals surface area contributed by atoms with Gasteiger partial charge in [0, 0.05) is 36.7 Å². The smallest absolute Gasteiger partial charge is 0.0234 e. The minimum atomic E-state index is 0.788. The maximum absolute atomic E-state index is 3.58. The first kappa shape index (κ1) is 14.4. The van der Waals surface area contributed by atoms with Crippen LogP contribution in [0.25, 0.3) is 0 Å². The molecule has 1 saturated heterocycles. The molecule has 2 fully saturated rings. The molecule has 0 aromatic heterocycles. The van der Waals surface area contributed by atoms with Crippen molar-refractivity contribution in [2.24, 2.45) is 0 Å². The second-order valence-corrected chi connectivity index (χ2v) is 7.76. The molecule has 3 rings (SSSR count). The highest BCUT2D eigenvalue weighted by Gasteiger charge is 2.19. The molecule has 0 bridgehead atoms. The molecule has 1 N–H and O–H groups in total. The van der Waals surface area contributed by atoms with E-state index in [4.69, 9.17) is 0 Å². The van der Waals surface area contributed by atoms with Gasteiger partial charge in [0.2, 0.25) is 0 Å². The first-order chi connectivity index (χ1) is 9.79. The largest absolute Gasteiger partial charge is 0.314 e. The minimum Gasteiger partial charge on any atom is -0.314 e. The van der Waals surface area contributed by atoms with Crippen molar-refractivity contribution in [2.45, 2.75) is 44.0 Å². The van der Waals surface area contributed by atoms with E-state index in [0.29, 0.717) is 0 Å². The third kappa shape index (κ3) is 4.51. The molecule has 0 amide bonds. The molecular formula is C17H26N2S. The van der Waals surface area contributed by atoms with E-state index in [2.05, 4.69) is 53.2 Å². The maximum Gasteiger partial charge on any atom is 0.0234 e. The highest BCUT2D eigenvalue weighted by Crippen LogP contribution is 2.20. The molecular weight excluding hydrogens is 264 g/mol. The van der Waals surface area contributed by atoms with Gasteiger partial charge in [-0.15, -0.1) is 0 Å². The molecule has 0 spiro atoms. The molecule has 110 valence electrons. The zero-order valence-electron chi connectivity index (χ0n) is 12.5. The molecule has 1 aromatic carbocycles. The number of rotatable bonds is 6. The Morgan fingerprint density at radius 3 is 2.65 bits per heavy atom. The fraction of sp³-hybridized carbons (Fsp3) is 0.647. The van der Waals surface area contributed by atoms with Crippen LogP contribution < -0.4 is 5.32 Å². The highest BCUT2D eigenvalue weighted by molar-refractivity contribution is 7.99. The summed E-state index contributed by atoms with van der Waals surface area (Å²) < 4.78 is 0. The molecule has 1 unspecified atom stereocenters. The normalized spacial score (nSPS) is 23.9. The van der Waals surface area contributed by atoms with Crippen LogP contribution in [0.3, 0.4) is 0 Å². The van der Waals surface area contributed by atoms with Crippen LogP contribution in [-0.2, 0) is 13.0 Å². The highest BCUT2D eigenvalue weighted by atomic mass is 32.2. The summed E-state index contributed by atoms with van der Waals surface area (Å²) in [6, 6.07) is 10.1. The Bertz CT molecular complexity index is 414. The van der Waals surface area contributed by atoms with E-state index in [-0.39, 0.29) is 0 Å². The van der Waals surface area contributed by atoms with Gasteiger partial charge in [0.1, 0.15) is 0 Å². The van der Waals surface area contributed by atoms with Crippen LogP contribution in [0.1, 0.15) is 30.9 Å². The Morgan fingerprint density at radius 1 is 1.20 bits per heavy atom. The molecule has 1 atom stereocenters. The summed E-state index contributed by atoms with van der Waals surface area (Å²) in [5.41, 5.74) is 2.92. The quantitative estimate of drug-likeness (QED) is 0.867. The fourth-order valence-electron chi connectivity index (χ4n) is 2.81. The zero-order chi connectivity index (χ0) is 13.8. The molecule has 1 aromatic rings. The Hall–Kier alpha value is -0.510. The minimum absolute atomic E-state index is 0.788. The second kappa shape index (κ2) is 6.97. The summed E-state index contributed by atoms with van der Waals surface area (Å²) in [4.78, 5) is 2.59. The molecule has 3 heteroatoms. The number of benzene rings is 1. The molecule has 2 nitrogen and oxygen atoms in total. The topological polar surface area (TPSA) is 15.3 Å². The van der Waals surface area contributed by atoms with Crippen molar-refractivity contribution < 1.29 is 0 Å². The van der Waals surface area contributed by atoms with Crippen LogP contribution in [-0.4, -0.2) is 41.6 Å². The van der Waals surface area contributed by atoms with Crippen molar-refractivity contribution >= 4 is 11.8 Å². The number of nitrogens with one attached hydrogen (secondary N) is 1. The first-order valence-electron chi connectivity index (χ1n) is 7.95. The molecule has 20 heavy (non-hydrogen) atoms. The van der Waals surface area contributed by atoms with Gasteiger partial charge in [0.25, 0.3) is 0 Å². The Morgan fingerprint density at radius 2 is 1.95 bits per heavy atom. The van der Waals surface area contributed by atoms with Gasteiger partial charge in [0.05, 0.1) is 0 Å². The van der Waals surface area contributed by atoms with Crippen LogP contribution in [0.5, 0.6) is 0 Å². The molecule has 1 aliphatic carbocycles. The molecule has 2 aliphatic rings. The van der Waals surface area contributed by atoms with Crippen LogP contribution in [0.15, 0.2) is 24.3 Å². The van der Waals surface area contributed by atoms with Crippen molar-refractivity contribution in [3.8, 4) is 0 Å². The second-order valence-electron chi connectivity index (χ2n) is 6.21. The van der Waals surface area contributed by atoms with Crippen molar-refractivity contribution in [3.63, 3.8) is 0 Å². The lowest BCUT2D eigenvalue weighted by atomic mass is 10.1. The van der Waals surface area contributed by atoms with Crippen LogP contribution in [0.4, 0.5) is 0 Å². The average molecular weight is 290 g/mol. The number of thioether (sulfide) groups is 1. The summed E-state index contributed by atoms with van der Waals surface area (Å²) >= 11 is 2.10. The lowest BCUT2D eigenvalue weighted by Crippen LogP contribution is -2.35. The van der Waals surface area contributed by atoms with Crippen LogP contribution >= 0.6 is 11.8 Å². The zero-order valence-corrected chi connectivity index (χ0v) is 13.3. The number of hydrogen-bond acceptors (Lipinski definition) is 3. The summed E-state index contributed by atoms with van der Waals surface area (Å²) in [5.74, 6) is 1.28. The lowest BCUT2D eigenvalue weighted by molar-refractivity contribution is 0.278. The fourth-order valence-corrected chi connectivity index (χ4v) is 3.89. The Balaban J connectivity index is 1.45. The van der Waals surface area contributed by atoms with Crippen LogP contribution in [0.2, 0.25) is 0 Å². The van der Waals surface area contributed by atoms with Crippen molar-refractivity contribution in [1.29, 1.82) is 0 Å². The van der Waals surface area contributed by atoms with E-state index in [1.807, 2.05) is 0 Å². The SMILES string of the molecule is CC1CN(Cc2ccc(CCNC3CC3)cc2)CCS1. The van der Waals surface area contributed by atoms with E-state index < -0.39 is 0 Å². The van der Waals surface area contributed by atoms with E-state index >= 15 is 0 Å². The van der Waals surface area contributed by atoms with Gasteiger partial charge in [-0.25, -0.2) is 0 Å². The summed E-state index contributed by atoms with van der Waals surface area (Å²) in [6.45, 7) is 7.06. The van der Waals surface area contributed by atoms with Crippen molar-refractivity contribution in [1.82, 2.24) is 10.2 Å². The third-order valence-electron chi connectivity index (χ3n) is 4.18. The standard InChI is InChI=1S/C17H26N2S/c1-14-12-19(10-11-20-14)13-16-4-2-15(3-5-16)8-9-18-17-6-7-17/h2-5,14,17-18H,6-13H2,1H3. The monoisotopic (exact) mass is 290 g/mol. The number of hydrogen-bond donors (Lipinski definition) is 1. The van der Waals surface area contributed by atoms with Gasteiger partial charge in [-0.05, 0) is 36.9 Å². The van der Waals surface area contributed by atoms with Gasteiger partial charge in [-0.1, -0.05) is 31.2 Å². The third-order valence-corrected chi connectivity index (χ3v) is 5.31. The predicted molar refractivity (Wildman–Crippen MR) is 88.4 cm³/mol. The van der Waals surface area contributed by atoms with E-state index in [9.17, 15) is 0 Å². The predicted octanol–water partition coefficient (Wildman–Crippen LogP) is 2.92. The molecule has 1 heterocycles. The van der Waals surface area contributed by atoms with Gasteiger partial charge < -0.3 is 5.32 Å². The lowest BCUT2D eigenvalue weighted by Gasteiger charge is -2.30. The Labute approximate surface area is 127 Å². The first-order valence-corrected chi connectivity index (χ1v) is 8.99. The van der Waals surface area contributed by atoms with Crippen molar-refractivity contribution in [3.05, 3.63) is 35.4 Å². The maximum atomic E-state index is 3.58. The summed E-state index contributed by atoms with van der Waals surface area (Å²) in [6.07, 6.45) is 3.92. The molecule has 0 radical (unpaired) electrons. The van der Waals surface area contributed by atoms with E-state index in [1.54, 1.807) is 0 Å². The van der Waals surface area contributed by atoms with Crippen molar-refractivity contribution in [2.75, 3.05) is 25.4 Å². The molecule has 1 aliphatic heterocycles. The van der Waals surface area contributed by atoms with Gasteiger partial charge in [0.15, 0.2) is 0 Å². The van der Waals surface area contributed by atoms with E-state index in [0.717, 1.165) is 30.8 Å². The Kier molecular flexibility index (Phi) is 5.03. The van der Waals surface area contributed by atoms with Crippen LogP contribution in [0, 0.1) is 0 Å². The summed E-state index contributed by atoms with van der Waals surface area (Å²) in [7, 11) is 0. The summed E-state index contributed by atoms with van der Waals surface area (Å²) in [5, 5.41) is 4.37. The van der Waals surface area contributed by atoms with Gasteiger partial charge >= 0.3 is 0 Å². The van der Waals surface area contributed by atoms with E-state index in [1.165, 1.54) is 42.8 Å². The average Bonchev–Trinajstić information content (AvgIpc) is 3.25. The molecule has 1 saturated carbocycles. The number of nitrogens with zero attached hydrogens (tertiary/aromatic N) is 1. The van der Waals surface area contributed by atoms with Gasteiger partial charge in [-0.2, -0.15) is 11.8 Å².